The summed E-state index contributed by atoms with van der Waals surface area (Å²) < 4.78 is 5.60. The smallest absolute Gasteiger partial charge is 0.106 e. The fraction of sp³-hybridized carbons (Fsp3) is 0.458. The Bertz CT molecular complexity index is 966. The Morgan fingerprint density at radius 3 is 2.34 bits per heavy atom. The molecule has 1 aromatic heterocycles. The molecular weight excluding hydrogens is 376 g/mol. The van der Waals surface area contributed by atoms with Crippen LogP contribution in [0.25, 0.3) is 5.57 Å². The van der Waals surface area contributed by atoms with Crippen molar-refractivity contribution in [1.29, 1.82) is 0 Å². The molecule has 1 aliphatic heterocycles. The van der Waals surface area contributed by atoms with Crippen molar-refractivity contribution in [2.24, 2.45) is 0 Å². The Morgan fingerprint density at radius 1 is 0.966 bits per heavy atom. The molecule has 152 valence electrons. The van der Waals surface area contributed by atoms with Crippen LogP contribution in [0.5, 0.6) is 0 Å². The summed E-state index contributed by atoms with van der Waals surface area (Å²) in [5.74, 6) is 0.858. The highest BCUT2D eigenvalue weighted by Gasteiger charge is 2.29. The fourth-order valence-corrected chi connectivity index (χ4v) is 6.10. The molecule has 0 spiro atoms. The van der Waals surface area contributed by atoms with Gasteiger partial charge in [-0.3, -0.25) is 4.68 Å². The molecule has 5 heteroatoms. The van der Waals surface area contributed by atoms with Gasteiger partial charge in [0.1, 0.15) is 5.82 Å². The van der Waals surface area contributed by atoms with Crippen molar-refractivity contribution in [3.05, 3.63) is 58.7 Å². The van der Waals surface area contributed by atoms with E-state index in [1.165, 1.54) is 88.2 Å². The quantitative estimate of drug-likeness (QED) is 0.630. The van der Waals surface area contributed by atoms with Gasteiger partial charge in [-0.2, -0.15) is 5.10 Å². The molecule has 0 unspecified atom stereocenters. The second kappa shape index (κ2) is 7.60. The van der Waals surface area contributed by atoms with Crippen LogP contribution in [0.3, 0.4) is 0 Å². The molecule has 0 atom stereocenters. The van der Waals surface area contributed by atoms with Crippen LogP contribution >= 0.6 is 11.9 Å². The largest absolute Gasteiger partial charge is 0.341 e. The normalized spacial score (nSPS) is 16.9. The number of anilines is 1. The molecular formula is C24H30N4S. The average Bonchev–Trinajstić information content (AvgIpc) is 3.45. The molecule has 0 saturated heterocycles. The van der Waals surface area contributed by atoms with Crippen molar-refractivity contribution in [1.82, 2.24) is 14.5 Å². The van der Waals surface area contributed by atoms with E-state index >= 15 is 0 Å². The first-order valence-electron chi connectivity index (χ1n) is 10.9. The number of hydrogen-bond donors (Lipinski definition) is 2. The predicted molar refractivity (Wildman–Crippen MR) is 122 cm³/mol. The number of nitrogens with zero attached hydrogens (tertiary/aromatic N) is 2. The lowest BCUT2D eigenvalue weighted by molar-refractivity contribution is 0.482. The van der Waals surface area contributed by atoms with E-state index in [2.05, 4.69) is 39.9 Å². The highest BCUT2D eigenvalue weighted by atomic mass is 32.2. The number of rotatable bonds is 6. The Labute approximate surface area is 178 Å². The molecule has 29 heavy (non-hydrogen) atoms. The van der Waals surface area contributed by atoms with Crippen LogP contribution in [-0.4, -0.2) is 9.78 Å². The van der Waals surface area contributed by atoms with Gasteiger partial charge in [0, 0.05) is 12.2 Å². The maximum Gasteiger partial charge on any atom is 0.106 e. The number of allylic oxidation sites excluding steroid dienone is 1. The topological polar surface area (TPSA) is 41.9 Å². The van der Waals surface area contributed by atoms with E-state index in [0.29, 0.717) is 0 Å². The minimum atomic E-state index is 0.858. The van der Waals surface area contributed by atoms with Crippen LogP contribution in [0.15, 0.2) is 30.1 Å². The lowest BCUT2D eigenvalue weighted by Crippen LogP contribution is -2.16. The molecule has 2 N–H and O–H groups in total. The van der Waals surface area contributed by atoms with E-state index in [-0.39, 0.29) is 0 Å². The first-order valence-corrected chi connectivity index (χ1v) is 11.7. The van der Waals surface area contributed by atoms with Crippen LogP contribution in [0.4, 0.5) is 5.69 Å². The molecule has 2 heterocycles. The molecule has 0 bridgehead atoms. The maximum absolute atomic E-state index is 4.54. The van der Waals surface area contributed by atoms with E-state index in [1.54, 1.807) is 11.9 Å². The number of aryl methyl sites for hydroxylation is 1. The van der Waals surface area contributed by atoms with Gasteiger partial charge in [0.15, 0.2) is 0 Å². The zero-order valence-electron chi connectivity index (χ0n) is 17.4. The standard InChI is InChI=1S/C24H30N4S/c1-15(2)23-17-8-6-10-19(17)24(20-11-7-9-18(20)23)26-16(3)27-29-22-14-25-28-13-5-4-12-21(22)28/h14,26-27H,1,3-13H2,2H3. The van der Waals surface area contributed by atoms with Crippen LogP contribution in [0.1, 0.15) is 66.1 Å². The van der Waals surface area contributed by atoms with Crippen molar-refractivity contribution in [2.45, 2.75) is 76.2 Å². The number of nitrogens with one attached hydrogen (secondary N) is 2. The van der Waals surface area contributed by atoms with Crippen LogP contribution in [0, 0.1) is 0 Å². The van der Waals surface area contributed by atoms with Gasteiger partial charge in [0.25, 0.3) is 0 Å². The summed E-state index contributed by atoms with van der Waals surface area (Å²) in [6.07, 6.45) is 12.7. The van der Waals surface area contributed by atoms with Crippen LogP contribution in [-0.2, 0) is 38.6 Å². The van der Waals surface area contributed by atoms with Gasteiger partial charge in [0.2, 0.25) is 0 Å². The number of hydrogen-bond acceptors (Lipinski definition) is 4. The molecule has 0 amide bonds. The van der Waals surface area contributed by atoms with Crippen LogP contribution in [0.2, 0.25) is 0 Å². The molecule has 1 aromatic carbocycles. The SMILES string of the molecule is C=C(NSc1cnn2c1CCCC2)Nc1c2c(c(C(=C)C)c3c1CCC3)CCC2. The zero-order valence-corrected chi connectivity index (χ0v) is 18.2. The van der Waals surface area contributed by atoms with Crippen molar-refractivity contribution in [2.75, 3.05) is 5.32 Å². The Morgan fingerprint density at radius 2 is 1.66 bits per heavy atom. The first-order chi connectivity index (χ1) is 14.1. The van der Waals surface area contributed by atoms with Gasteiger partial charge in [-0.05, 0) is 104 Å². The third kappa shape index (κ3) is 3.29. The van der Waals surface area contributed by atoms with Crippen LogP contribution < -0.4 is 10.0 Å². The second-order valence-electron chi connectivity index (χ2n) is 8.60. The monoisotopic (exact) mass is 406 g/mol. The van der Waals surface area contributed by atoms with Gasteiger partial charge in [-0.15, -0.1) is 0 Å². The van der Waals surface area contributed by atoms with Gasteiger partial charge < -0.3 is 10.0 Å². The summed E-state index contributed by atoms with van der Waals surface area (Å²) in [5, 5.41) is 8.20. The lowest BCUT2D eigenvalue weighted by atomic mass is 9.89. The van der Waals surface area contributed by atoms with Gasteiger partial charge in [0.05, 0.1) is 16.8 Å². The molecule has 5 rings (SSSR count). The summed E-state index contributed by atoms with van der Waals surface area (Å²) in [5.41, 5.74) is 11.4. The molecule has 2 aromatic rings. The predicted octanol–water partition coefficient (Wildman–Crippen LogP) is 5.41. The van der Waals surface area contributed by atoms with Crippen molar-refractivity contribution in [3.8, 4) is 0 Å². The first kappa shape index (κ1) is 18.9. The summed E-state index contributed by atoms with van der Waals surface area (Å²) in [7, 11) is 0. The number of benzene rings is 1. The minimum absolute atomic E-state index is 0.858. The van der Waals surface area contributed by atoms with Crippen molar-refractivity contribution < 1.29 is 0 Å². The molecule has 0 radical (unpaired) electrons. The van der Waals surface area contributed by atoms with Crippen molar-refractivity contribution >= 4 is 23.2 Å². The summed E-state index contributed by atoms with van der Waals surface area (Å²) >= 11 is 1.63. The Balaban J connectivity index is 1.38. The molecule has 3 aliphatic rings. The van der Waals surface area contributed by atoms with Crippen molar-refractivity contribution in [3.63, 3.8) is 0 Å². The van der Waals surface area contributed by atoms with Gasteiger partial charge >= 0.3 is 0 Å². The van der Waals surface area contributed by atoms with E-state index in [9.17, 15) is 0 Å². The zero-order chi connectivity index (χ0) is 20.0. The Kier molecular flexibility index (Phi) is 4.94. The van der Waals surface area contributed by atoms with Gasteiger partial charge in [-0.1, -0.05) is 18.7 Å². The van der Waals surface area contributed by atoms with E-state index in [0.717, 1.165) is 31.6 Å². The summed E-state index contributed by atoms with van der Waals surface area (Å²) in [4.78, 5) is 1.22. The summed E-state index contributed by atoms with van der Waals surface area (Å²) in [6, 6.07) is 0. The van der Waals surface area contributed by atoms with Gasteiger partial charge in [-0.25, -0.2) is 0 Å². The third-order valence-corrected chi connectivity index (χ3v) is 7.48. The molecule has 0 saturated carbocycles. The third-order valence-electron chi connectivity index (χ3n) is 6.57. The molecule has 0 fully saturated rings. The van der Waals surface area contributed by atoms with E-state index in [1.807, 2.05) is 6.20 Å². The Hall–Kier alpha value is -2.14. The number of aromatic nitrogens is 2. The van der Waals surface area contributed by atoms with E-state index in [4.69, 9.17) is 0 Å². The second-order valence-corrected chi connectivity index (χ2v) is 9.44. The highest BCUT2D eigenvalue weighted by Crippen LogP contribution is 2.44. The average molecular weight is 407 g/mol. The highest BCUT2D eigenvalue weighted by molar-refractivity contribution is 7.97. The fourth-order valence-electron chi connectivity index (χ4n) is 5.39. The molecule has 4 nitrogen and oxygen atoms in total. The van der Waals surface area contributed by atoms with E-state index < -0.39 is 0 Å². The molecule has 2 aliphatic carbocycles. The summed E-state index contributed by atoms with van der Waals surface area (Å²) in [6.45, 7) is 11.8. The number of fused-ring (bicyclic) bond motifs is 3. The maximum atomic E-state index is 4.54. The minimum Gasteiger partial charge on any atom is -0.341 e. The lowest BCUT2D eigenvalue weighted by Gasteiger charge is -2.22.